The number of halogens is 1. The number of anilines is 1. The maximum absolute atomic E-state index is 9.71. The van der Waals surface area contributed by atoms with Gasteiger partial charge in [-0.05, 0) is 0 Å². The second-order valence-corrected chi connectivity index (χ2v) is 4.31. The summed E-state index contributed by atoms with van der Waals surface area (Å²) in [5.74, 6) is 0.0235. The van der Waals surface area contributed by atoms with E-state index in [9.17, 15) is 15.3 Å². The smallest absolute Gasteiger partial charge is 0.166 e. The van der Waals surface area contributed by atoms with Gasteiger partial charge in [-0.2, -0.15) is 0 Å². The number of nitrogens with one attached hydrogen (secondary N) is 1. The summed E-state index contributed by atoms with van der Waals surface area (Å²) in [7, 11) is 0. The molecule has 0 radical (unpaired) electrons. The highest BCUT2D eigenvalue weighted by atomic mass is 35.5. The molecule has 9 heteroatoms. The SMILES string of the molecule is N=C(Cl)c1nnn([C@@H]2C[C@H](O)[C@@H](O)[C@H]2O)c1N. The average molecular weight is 262 g/mol. The van der Waals surface area contributed by atoms with Crippen molar-refractivity contribution in [2.75, 3.05) is 5.73 Å². The summed E-state index contributed by atoms with van der Waals surface area (Å²) < 4.78 is 1.16. The van der Waals surface area contributed by atoms with Crippen LogP contribution in [0.15, 0.2) is 0 Å². The molecule has 6 N–H and O–H groups in total. The van der Waals surface area contributed by atoms with Crippen molar-refractivity contribution >= 4 is 22.6 Å². The number of aliphatic hydroxyl groups is 3. The van der Waals surface area contributed by atoms with E-state index in [4.69, 9.17) is 22.7 Å². The lowest BCUT2D eigenvalue weighted by molar-refractivity contribution is -0.0254. The normalized spacial score (nSPS) is 32.9. The molecule has 0 spiro atoms. The minimum absolute atomic E-state index is 0.00902. The molecule has 2 rings (SSSR count). The monoisotopic (exact) mass is 261 g/mol. The van der Waals surface area contributed by atoms with Gasteiger partial charge in [-0.15, -0.1) is 5.10 Å². The lowest BCUT2D eigenvalue weighted by Gasteiger charge is -2.16. The molecule has 0 unspecified atom stereocenters. The number of aliphatic hydroxyl groups excluding tert-OH is 3. The van der Waals surface area contributed by atoms with Crippen LogP contribution in [0.4, 0.5) is 5.82 Å². The van der Waals surface area contributed by atoms with Gasteiger partial charge in [0.15, 0.2) is 16.7 Å². The summed E-state index contributed by atoms with van der Waals surface area (Å²) in [6.07, 6.45) is -3.38. The topological polar surface area (TPSA) is 141 Å². The van der Waals surface area contributed by atoms with E-state index >= 15 is 0 Å². The number of nitrogens with two attached hydrogens (primary N) is 1. The molecule has 94 valence electrons. The van der Waals surface area contributed by atoms with E-state index in [1.54, 1.807) is 0 Å². The molecule has 1 saturated carbocycles. The fourth-order valence-corrected chi connectivity index (χ4v) is 2.06. The van der Waals surface area contributed by atoms with Crippen LogP contribution >= 0.6 is 11.6 Å². The van der Waals surface area contributed by atoms with Crippen LogP contribution in [0.3, 0.4) is 0 Å². The molecule has 0 bridgehead atoms. The molecule has 17 heavy (non-hydrogen) atoms. The van der Waals surface area contributed by atoms with Gasteiger partial charge in [0.2, 0.25) is 0 Å². The molecule has 1 heterocycles. The summed E-state index contributed by atoms with van der Waals surface area (Å²) in [5.41, 5.74) is 5.68. The summed E-state index contributed by atoms with van der Waals surface area (Å²) in [6.45, 7) is 0. The molecule has 1 aliphatic rings. The van der Waals surface area contributed by atoms with Gasteiger partial charge in [0.05, 0.1) is 12.1 Å². The van der Waals surface area contributed by atoms with Gasteiger partial charge in [-0.25, -0.2) is 4.68 Å². The molecule has 0 saturated heterocycles. The fourth-order valence-electron chi connectivity index (χ4n) is 1.93. The van der Waals surface area contributed by atoms with Crippen LogP contribution in [0.1, 0.15) is 18.2 Å². The number of aromatic nitrogens is 3. The Balaban J connectivity index is 2.33. The fraction of sp³-hybridized carbons (Fsp3) is 0.625. The third-order valence-electron chi connectivity index (χ3n) is 2.87. The van der Waals surface area contributed by atoms with Gasteiger partial charge < -0.3 is 21.1 Å². The van der Waals surface area contributed by atoms with Crippen molar-refractivity contribution in [2.24, 2.45) is 0 Å². The van der Waals surface area contributed by atoms with Crippen molar-refractivity contribution in [1.29, 1.82) is 5.41 Å². The quantitative estimate of drug-likeness (QED) is 0.408. The second-order valence-electron chi connectivity index (χ2n) is 3.93. The predicted octanol–water partition coefficient (Wildman–Crippen LogP) is -1.55. The number of rotatable bonds is 2. The van der Waals surface area contributed by atoms with Crippen molar-refractivity contribution in [2.45, 2.75) is 30.8 Å². The number of nitrogen functional groups attached to an aromatic ring is 1. The van der Waals surface area contributed by atoms with Crippen molar-refractivity contribution < 1.29 is 15.3 Å². The highest BCUT2D eigenvalue weighted by molar-refractivity contribution is 6.68. The molecular weight excluding hydrogens is 250 g/mol. The molecule has 1 aliphatic carbocycles. The molecule has 4 atom stereocenters. The maximum Gasteiger partial charge on any atom is 0.166 e. The first kappa shape index (κ1) is 12.2. The van der Waals surface area contributed by atoms with E-state index in [2.05, 4.69) is 10.3 Å². The zero-order chi connectivity index (χ0) is 12.7. The van der Waals surface area contributed by atoms with Gasteiger partial charge in [0.1, 0.15) is 12.2 Å². The first-order chi connectivity index (χ1) is 7.93. The maximum atomic E-state index is 9.71. The van der Waals surface area contributed by atoms with E-state index < -0.39 is 24.4 Å². The standard InChI is InChI=1S/C8H12ClN5O3/c9-7(10)4-8(11)14(13-12-4)2-1-3(15)6(17)5(2)16/h2-3,5-6,10,15-17H,1,11H2/t2-,3+,5+,6-/m1/s1. The molecule has 0 aliphatic heterocycles. The van der Waals surface area contributed by atoms with Gasteiger partial charge >= 0.3 is 0 Å². The second kappa shape index (κ2) is 4.22. The van der Waals surface area contributed by atoms with E-state index in [1.807, 2.05) is 0 Å². The van der Waals surface area contributed by atoms with Crippen LogP contribution in [0.25, 0.3) is 0 Å². The van der Waals surface area contributed by atoms with Gasteiger partial charge in [-0.1, -0.05) is 16.8 Å². The zero-order valence-electron chi connectivity index (χ0n) is 8.66. The summed E-state index contributed by atoms with van der Waals surface area (Å²) >= 11 is 5.45. The Labute approximate surface area is 101 Å². The van der Waals surface area contributed by atoms with Crippen LogP contribution < -0.4 is 5.73 Å². The Hall–Kier alpha value is -1.22. The Morgan fingerprint density at radius 1 is 1.41 bits per heavy atom. The van der Waals surface area contributed by atoms with Crippen molar-refractivity contribution in [3.8, 4) is 0 Å². The van der Waals surface area contributed by atoms with Crippen molar-refractivity contribution in [1.82, 2.24) is 15.0 Å². The molecule has 0 amide bonds. The molecule has 0 aromatic carbocycles. The van der Waals surface area contributed by atoms with Crippen LogP contribution in [0.5, 0.6) is 0 Å². The minimum Gasteiger partial charge on any atom is -0.390 e. The van der Waals surface area contributed by atoms with Crippen LogP contribution in [-0.4, -0.2) is 53.8 Å². The van der Waals surface area contributed by atoms with E-state index in [-0.39, 0.29) is 23.1 Å². The van der Waals surface area contributed by atoms with E-state index in [0.29, 0.717) is 0 Å². The summed E-state index contributed by atoms with van der Waals surface area (Å²) in [6, 6.07) is -0.683. The summed E-state index contributed by atoms with van der Waals surface area (Å²) in [5, 5.41) is 42.7. The highest BCUT2D eigenvalue weighted by Gasteiger charge is 2.43. The lowest BCUT2D eigenvalue weighted by atomic mass is 10.2. The van der Waals surface area contributed by atoms with Crippen LogP contribution in [-0.2, 0) is 0 Å². The van der Waals surface area contributed by atoms with Crippen molar-refractivity contribution in [3.63, 3.8) is 0 Å². The number of hydrogen-bond acceptors (Lipinski definition) is 7. The Morgan fingerprint density at radius 2 is 2.06 bits per heavy atom. The first-order valence-electron chi connectivity index (χ1n) is 4.92. The van der Waals surface area contributed by atoms with Crippen LogP contribution in [0, 0.1) is 5.41 Å². The van der Waals surface area contributed by atoms with Gasteiger partial charge in [0.25, 0.3) is 0 Å². The zero-order valence-corrected chi connectivity index (χ0v) is 9.41. The molecule has 8 nitrogen and oxygen atoms in total. The predicted molar refractivity (Wildman–Crippen MR) is 58.8 cm³/mol. The van der Waals surface area contributed by atoms with Crippen molar-refractivity contribution in [3.05, 3.63) is 5.69 Å². The Bertz CT molecular complexity index is 450. The third kappa shape index (κ3) is 1.89. The van der Waals surface area contributed by atoms with Crippen LogP contribution in [0.2, 0.25) is 0 Å². The average Bonchev–Trinajstić information content (AvgIpc) is 2.75. The highest BCUT2D eigenvalue weighted by Crippen LogP contribution is 2.32. The Kier molecular flexibility index (Phi) is 3.04. The minimum atomic E-state index is -1.25. The van der Waals surface area contributed by atoms with Gasteiger partial charge in [0, 0.05) is 6.42 Å². The molecular formula is C8H12ClN5O3. The number of nitrogens with zero attached hydrogens (tertiary/aromatic N) is 3. The molecule has 1 aromatic heterocycles. The largest absolute Gasteiger partial charge is 0.390 e. The number of hydrogen-bond donors (Lipinski definition) is 5. The molecule has 1 aromatic rings. The van der Waals surface area contributed by atoms with E-state index in [0.717, 1.165) is 4.68 Å². The third-order valence-corrected chi connectivity index (χ3v) is 3.05. The first-order valence-corrected chi connectivity index (χ1v) is 5.30. The van der Waals surface area contributed by atoms with Gasteiger partial charge in [-0.3, -0.25) is 5.41 Å². The van der Waals surface area contributed by atoms with E-state index in [1.165, 1.54) is 0 Å². The Morgan fingerprint density at radius 3 is 2.47 bits per heavy atom. The summed E-state index contributed by atoms with van der Waals surface area (Å²) in [4.78, 5) is 0. The lowest BCUT2D eigenvalue weighted by Crippen LogP contribution is -2.31. The molecule has 1 fully saturated rings.